The number of anilines is 2. The Morgan fingerprint density at radius 1 is 1.24 bits per heavy atom. The number of ether oxygens (including phenoxy) is 2. The average Bonchev–Trinajstić information content (AvgIpc) is 2.85. The SMILES string of the molecule is COc1cc2ncnc(Nc3ccc(Cl)c(Cl)c3F)c2cc1OC1CCN(C(=O)CCS)CC1. The summed E-state index contributed by atoms with van der Waals surface area (Å²) in [6, 6.07) is 6.50. The highest BCUT2D eigenvalue weighted by Crippen LogP contribution is 2.37. The van der Waals surface area contributed by atoms with Crippen LogP contribution in [0.2, 0.25) is 10.0 Å². The van der Waals surface area contributed by atoms with Crippen LogP contribution in [0.3, 0.4) is 0 Å². The Morgan fingerprint density at radius 2 is 2.00 bits per heavy atom. The fourth-order valence-electron chi connectivity index (χ4n) is 3.82. The number of methoxy groups -OCH3 is 1. The van der Waals surface area contributed by atoms with Gasteiger partial charge in [0.1, 0.15) is 18.2 Å². The first-order valence-electron chi connectivity index (χ1n) is 10.7. The van der Waals surface area contributed by atoms with Crippen LogP contribution in [0.5, 0.6) is 11.5 Å². The predicted molar refractivity (Wildman–Crippen MR) is 134 cm³/mol. The Hall–Kier alpha value is -2.49. The van der Waals surface area contributed by atoms with Crippen molar-refractivity contribution < 1.29 is 18.7 Å². The van der Waals surface area contributed by atoms with Gasteiger partial charge in [-0.25, -0.2) is 14.4 Å². The normalized spacial score (nSPS) is 14.3. The largest absolute Gasteiger partial charge is 0.493 e. The van der Waals surface area contributed by atoms with Gasteiger partial charge in [-0.05, 0) is 24.0 Å². The number of fused-ring (bicyclic) bond motifs is 1. The van der Waals surface area contributed by atoms with Crippen molar-refractivity contribution in [3.05, 3.63) is 46.5 Å². The third kappa shape index (κ3) is 5.26. The number of hydrogen-bond acceptors (Lipinski definition) is 7. The third-order valence-electron chi connectivity index (χ3n) is 5.62. The molecule has 0 aliphatic carbocycles. The van der Waals surface area contributed by atoms with E-state index in [4.69, 9.17) is 32.7 Å². The van der Waals surface area contributed by atoms with Crippen molar-refractivity contribution in [1.82, 2.24) is 14.9 Å². The number of thiol groups is 1. The summed E-state index contributed by atoms with van der Waals surface area (Å²) in [6.07, 6.45) is 3.12. The summed E-state index contributed by atoms with van der Waals surface area (Å²) in [5, 5.41) is 3.53. The van der Waals surface area contributed by atoms with Gasteiger partial charge in [-0.1, -0.05) is 23.2 Å². The molecule has 1 saturated heterocycles. The van der Waals surface area contributed by atoms with E-state index in [1.807, 2.05) is 4.90 Å². The molecular formula is C23H23Cl2FN4O3S. The van der Waals surface area contributed by atoms with Gasteiger partial charge >= 0.3 is 0 Å². The molecule has 1 fully saturated rings. The van der Waals surface area contributed by atoms with Gasteiger partial charge in [0.05, 0.1) is 28.4 Å². The van der Waals surface area contributed by atoms with Crippen molar-refractivity contribution >= 4 is 64.1 Å². The Bertz CT molecular complexity index is 1210. The van der Waals surface area contributed by atoms with Crippen LogP contribution in [0.1, 0.15) is 19.3 Å². The summed E-state index contributed by atoms with van der Waals surface area (Å²) in [6.45, 7) is 1.25. The summed E-state index contributed by atoms with van der Waals surface area (Å²) in [5.74, 6) is 1.38. The number of aromatic nitrogens is 2. The Kier molecular flexibility index (Phi) is 7.85. The van der Waals surface area contributed by atoms with Gasteiger partial charge in [-0.3, -0.25) is 4.79 Å². The second-order valence-corrected chi connectivity index (χ2v) is 8.99. The maximum atomic E-state index is 14.6. The Labute approximate surface area is 212 Å². The van der Waals surface area contributed by atoms with Gasteiger partial charge in [0.15, 0.2) is 17.3 Å². The number of carbonyl (C=O) groups is 1. The van der Waals surface area contributed by atoms with E-state index >= 15 is 0 Å². The second-order valence-electron chi connectivity index (χ2n) is 7.76. The standard InChI is InChI=1S/C23H23Cl2FN4O3S/c1-32-18-11-17-14(10-19(18)33-13-4-7-30(8-5-13)20(31)6-9-34)23(28-12-27-17)29-16-3-2-15(24)21(25)22(16)26/h2-3,10-13,34H,4-9H2,1H3,(H,27,28,29). The van der Waals surface area contributed by atoms with E-state index in [0.29, 0.717) is 66.3 Å². The third-order valence-corrected chi connectivity index (χ3v) is 6.63. The molecule has 0 unspecified atom stereocenters. The lowest BCUT2D eigenvalue weighted by Crippen LogP contribution is -2.41. The van der Waals surface area contributed by atoms with E-state index in [1.54, 1.807) is 19.2 Å². The molecule has 0 atom stereocenters. The molecule has 0 bridgehead atoms. The van der Waals surface area contributed by atoms with Crippen molar-refractivity contribution in [3.63, 3.8) is 0 Å². The maximum absolute atomic E-state index is 14.6. The number of rotatable bonds is 7. The molecule has 1 aliphatic rings. The number of benzene rings is 2. The van der Waals surface area contributed by atoms with Crippen molar-refractivity contribution in [1.29, 1.82) is 0 Å². The fourth-order valence-corrected chi connectivity index (χ4v) is 4.32. The molecule has 2 aromatic carbocycles. The quantitative estimate of drug-likeness (QED) is 0.313. The molecule has 0 saturated carbocycles. The lowest BCUT2D eigenvalue weighted by molar-refractivity contribution is -0.132. The van der Waals surface area contributed by atoms with Crippen LogP contribution in [0.4, 0.5) is 15.9 Å². The van der Waals surface area contributed by atoms with Crippen LogP contribution in [-0.4, -0.2) is 52.8 Å². The lowest BCUT2D eigenvalue weighted by Gasteiger charge is -2.32. The molecule has 1 aliphatic heterocycles. The number of carbonyl (C=O) groups excluding carboxylic acids is 1. The smallest absolute Gasteiger partial charge is 0.223 e. The maximum Gasteiger partial charge on any atom is 0.223 e. The van der Waals surface area contributed by atoms with E-state index in [1.165, 1.54) is 18.5 Å². The minimum absolute atomic E-state index is 0.0834. The number of nitrogens with one attached hydrogen (secondary N) is 1. The van der Waals surface area contributed by atoms with Crippen LogP contribution < -0.4 is 14.8 Å². The lowest BCUT2D eigenvalue weighted by atomic mass is 10.1. The molecule has 34 heavy (non-hydrogen) atoms. The molecule has 1 N–H and O–H groups in total. The Balaban J connectivity index is 1.59. The van der Waals surface area contributed by atoms with Gasteiger partial charge in [-0.2, -0.15) is 12.6 Å². The van der Waals surface area contributed by atoms with Crippen LogP contribution in [-0.2, 0) is 4.79 Å². The molecule has 0 radical (unpaired) electrons. The van der Waals surface area contributed by atoms with Gasteiger partial charge < -0.3 is 19.7 Å². The summed E-state index contributed by atoms with van der Waals surface area (Å²) in [5.41, 5.74) is 0.722. The van der Waals surface area contributed by atoms with Crippen LogP contribution in [0, 0.1) is 5.82 Å². The van der Waals surface area contributed by atoms with E-state index in [9.17, 15) is 9.18 Å². The number of likely N-dealkylation sites (tertiary alicyclic amines) is 1. The number of amides is 1. The zero-order valence-corrected chi connectivity index (χ0v) is 20.8. The van der Waals surface area contributed by atoms with E-state index < -0.39 is 5.82 Å². The molecule has 180 valence electrons. The predicted octanol–water partition coefficient (Wildman–Crippen LogP) is 5.52. The average molecular weight is 525 g/mol. The molecule has 4 rings (SSSR count). The molecular weight excluding hydrogens is 502 g/mol. The highest BCUT2D eigenvalue weighted by molar-refractivity contribution is 7.80. The first kappa shape index (κ1) is 24.6. The minimum atomic E-state index is -0.676. The highest BCUT2D eigenvalue weighted by atomic mass is 35.5. The summed E-state index contributed by atoms with van der Waals surface area (Å²) in [7, 11) is 1.55. The summed E-state index contributed by atoms with van der Waals surface area (Å²) < 4.78 is 26.4. The van der Waals surface area contributed by atoms with Gasteiger partial charge in [0.2, 0.25) is 5.91 Å². The molecule has 1 amide bonds. The van der Waals surface area contributed by atoms with Gasteiger partial charge in [0.25, 0.3) is 0 Å². The van der Waals surface area contributed by atoms with E-state index in [2.05, 4.69) is 27.9 Å². The summed E-state index contributed by atoms with van der Waals surface area (Å²) in [4.78, 5) is 22.5. The van der Waals surface area contributed by atoms with Crippen molar-refractivity contribution in [2.75, 3.05) is 31.3 Å². The van der Waals surface area contributed by atoms with E-state index in [0.717, 1.165) is 0 Å². The molecule has 11 heteroatoms. The number of piperidine rings is 1. The van der Waals surface area contributed by atoms with Crippen LogP contribution in [0.15, 0.2) is 30.6 Å². The van der Waals surface area contributed by atoms with Gasteiger partial charge in [0, 0.05) is 43.8 Å². The Morgan fingerprint density at radius 3 is 2.71 bits per heavy atom. The minimum Gasteiger partial charge on any atom is -0.493 e. The zero-order chi connectivity index (χ0) is 24.2. The zero-order valence-electron chi connectivity index (χ0n) is 18.4. The van der Waals surface area contributed by atoms with Crippen LogP contribution in [0.25, 0.3) is 10.9 Å². The first-order valence-corrected chi connectivity index (χ1v) is 12.1. The topological polar surface area (TPSA) is 76.6 Å². The number of hydrogen-bond donors (Lipinski definition) is 2. The molecule has 7 nitrogen and oxygen atoms in total. The highest BCUT2D eigenvalue weighted by Gasteiger charge is 2.25. The number of nitrogens with zero attached hydrogens (tertiary/aromatic N) is 3. The second kappa shape index (κ2) is 10.8. The molecule has 1 aromatic heterocycles. The molecule has 2 heterocycles. The van der Waals surface area contributed by atoms with Gasteiger partial charge in [-0.15, -0.1) is 0 Å². The molecule has 3 aromatic rings. The van der Waals surface area contributed by atoms with Crippen molar-refractivity contribution in [2.24, 2.45) is 0 Å². The van der Waals surface area contributed by atoms with Crippen molar-refractivity contribution in [2.45, 2.75) is 25.4 Å². The summed E-state index contributed by atoms with van der Waals surface area (Å²) >= 11 is 16.0. The molecule has 0 spiro atoms. The number of halogens is 3. The van der Waals surface area contributed by atoms with Crippen molar-refractivity contribution in [3.8, 4) is 11.5 Å². The van der Waals surface area contributed by atoms with Crippen LogP contribution >= 0.6 is 35.8 Å². The van der Waals surface area contributed by atoms with E-state index in [-0.39, 0.29) is 27.7 Å². The first-order chi connectivity index (χ1) is 16.4. The monoisotopic (exact) mass is 524 g/mol. The fraction of sp³-hybridized carbons (Fsp3) is 0.348.